The van der Waals surface area contributed by atoms with Gasteiger partial charge < -0.3 is 15.5 Å². The first-order valence-electron chi connectivity index (χ1n) is 9.29. The lowest BCUT2D eigenvalue weighted by Gasteiger charge is -2.23. The van der Waals surface area contributed by atoms with Crippen molar-refractivity contribution in [1.29, 1.82) is 0 Å². The van der Waals surface area contributed by atoms with Gasteiger partial charge in [0.05, 0.1) is 6.20 Å². The van der Waals surface area contributed by atoms with Crippen LogP contribution in [0.1, 0.15) is 42.6 Å². The Kier molecular flexibility index (Phi) is 6.05. The Hall–Kier alpha value is -2.90. The number of hydrogen-bond acceptors (Lipinski definition) is 5. The van der Waals surface area contributed by atoms with Gasteiger partial charge in [-0.1, -0.05) is 24.5 Å². The Morgan fingerprint density at radius 3 is 2.44 bits per heavy atom. The molecule has 0 atom stereocenters. The fourth-order valence-corrected chi connectivity index (χ4v) is 3.09. The number of amides is 2. The van der Waals surface area contributed by atoms with Crippen LogP contribution in [0, 0.1) is 0 Å². The van der Waals surface area contributed by atoms with Crippen LogP contribution in [0.15, 0.2) is 30.5 Å². The van der Waals surface area contributed by atoms with E-state index in [9.17, 15) is 9.59 Å². The number of anilines is 2. The van der Waals surface area contributed by atoms with E-state index < -0.39 is 0 Å². The Bertz CT molecular complexity index is 778. The van der Waals surface area contributed by atoms with Crippen LogP contribution in [0.3, 0.4) is 0 Å². The van der Waals surface area contributed by atoms with Crippen LogP contribution in [-0.4, -0.2) is 51.8 Å². The number of nitrogens with one attached hydrogen (secondary N) is 2. The summed E-state index contributed by atoms with van der Waals surface area (Å²) in [5.74, 6) is -0.473. The first kappa shape index (κ1) is 18.9. The molecule has 0 saturated heterocycles. The topological polar surface area (TPSA) is 92.2 Å². The number of nitrogens with zero attached hydrogens (tertiary/aromatic N) is 4. The molecule has 0 bridgehead atoms. The summed E-state index contributed by atoms with van der Waals surface area (Å²) in [7, 11) is 3.33. The first-order valence-corrected chi connectivity index (χ1v) is 9.29. The van der Waals surface area contributed by atoms with Gasteiger partial charge in [-0.3, -0.25) is 9.59 Å². The van der Waals surface area contributed by atoms with Crippen LogP contribution in [0.4, 0.5) is 11.4 Å². The van der Waals surface area contributed by atoms with Crippen molar-refractivity contribution in [2.24, 2.45) is 0 Å². The Morgan fingerprint density at radius 1 is 1.11 bits per heavy atom. The second-order valence-corrected chi connectivity index (χ2v) is 7.10. The van der Waals surface area contributed by atoms with Gasteiger partial charge in [-0.25, -0.2) is 4.68 Å². The average Bonchev–Trinajstić information content (AvgIpc) is 3.13. The molecule has 1 aliphatic carbocycles. The summed E-state index contributed by atoms with van der Waals surface area (Å²) >= 11 is 0. The molecule has 2 N–H and O–H groups in total. The summed E-state index contributed by atoms with van der Waals surface area (Å²) in [4.78, 5) is 25.5. The van der Waals surface area contributed by atoms with Gasteiger partial charge in [0.25, 0.3) is 5.91 Å². The third kappa shape index (κ3) is 5.29. The molecule has 1 aliphatic rings. The predicted molar refractivity (Wildman–Crippen MR) is 104 cm³/mol. The van der Waals surface area contributed by atoms with Gasteiger partial charge in [-0.15, -0.1) is 5.10 Å². The predicted octanol–water partition coefficient (Wildman–Crippen LogP) is 2.36. The van der Waals surface area contributed by atoms with Gasteiger partial charge in [0.2, 0.25) is 5.91 Å². The summed E-state index contributed by atoms with van der Waals surface area (Å²) in [6, 6.07) is 8.21. The smallest absolute Gasteiger partial charge is 0.277 e. The summed E-state index contributed by atoms with van der Waals surface area (Å²) in [5, 5.41) is 14.0. The number of carbonyl (C=O) groups excluding carboxylic acids is 2. The molecule has 8 heteroatoms. The second kappa shape index (κ2) is 8.66. The SMILES string of the molecule is CN(C)C(=O)Cn1cc(C(=O)Nc2ccc(NC3CCCCC3)cc2)nn1. The zero-order valence-corrected chi connectivity index (χ0v) is 15.8. The van der Waals surface area contributed by atoms with Gasteiger partial charge in [-0.05, 0) is 37.1 Å². The van der Waals surface area contributed by atoms with E-state index in [-0.39, 0.29) is 24.1 Å². The molecule has 0 radical (unpaired) electrons. The molecule has 27 heavy (non-hydrogen) atoms. The van der Waals surface area contributed by atoms with Gasteiger partial charge in [0, 0.05) is 31.5 Å². The summed E-state index contributed by atoms with van der Waals surface area (Å²) in [6.45, 7) is 0.0504. The summed E-state index contributed by atoms with van der Waals surface area (Å²) in [6.07, 6.45) is 7.79. The largest absolute Gasteiger partial charge is 0.382 e. The van der Waals surface area contributed by atoms with Crippen LogP contribution in [0.5, 0.6) is 0 Å². The molecule has 2 aromatic rings. The van der Waals surface area contributed by atoms with Gasteiger partial charge >= 0.3 is 0 Å². The molecular weight excluding hydrogens is 344 g/mol. The highest BCUT2D eigenvalue weighted by Gasteiger charge is 2.15. The van der Waals surface area contributed by atoms with Crippen LogP contribution in [0.25, 0.3) is 0 Å². The van der Waals surface area contributed by atoms with Gasteiger partial charge in [0.15, 0.2) is 5.69 Å². The molecule has 2 amide bonds. The highest BCUT2D eigenvalue weighted by molar-refractivity contribution is 6.02. The maximum absolute atomic E-state index is 12.3. The lowest BCUT2D eigenvalue weighted by molar-refractivity contribution is -0.129. The van der Waals surface area contributed by atoms with Crippen LogP contribution < -0.4 is 10.6 Å². The van der Waals surface area contributed by atoms with E-state index in [0.29, 0.717) is 11.7 Å². The third-order valence-electron chi connectivity index (χ3n) is 4.69. The quantitative estimate of drug-likeness (QED) is 0.814. The van der Waals surface area contributed by atoms with E-state index in [1.54, 1.807) is 14.1 Å². The fraction of sp³-hybridized carbons (Fsp3) is 0.474. The summed E-state index contributed by atoms with van der Waals surface area (Å²) < 4.78 is 1.36. The van der Waals surface area contributed by atoms with Crippen molar-refractivity contribution in [3.05, 3.63) is 36.2 Å². The zero-order chi connectivity index (χ0) is 19.2. The Balaban J connectivity index is 1.54. The Morgan fingerprint density at radius 2 is 1.78 bits per heavy atom. The van der Waals surface area contributed by atoms with E-state index in [1.165, 1.54) is 47.9 Å². The van der Waals surface area contributed by atoms with Crippen molar-refractivity contribution in [1.82, 2.24) is 19.9 Å². The molecule has 0 unspecified atom stereocenters. The zero-order valence-electron chi connectivity index (χ0n) is 15.8. The Labute approximate surface area is 158 Å². The van der Waals surface area contributed by atoms with E-state index in [2.05, 4.69) is 20.9 Å². The lowest BCUT2D eigenvalue weighted by atomic mass is 9.95. The molecule has 0 aliphatic heterocycles. The van der Waals surface area contributed by atoms with Crippen molar-refractivity contribution in [2.45, 2.75) is 44.7 Å². The van der Waals surface area contributed by atoms with Crippen molar-refractivity contribution in [2.75, 3.05) is 24.7 Å². The molecule has 1 heterocycles. The van der Waals surface area contributed by atoms with Gasteiger partial charge in [0.1, 0.15) is 6.54 Å². The van der Waals surface area contributed by atoms with E-state index in [4.69, 9.17) is 0 Å². The number of rotatable bonds is 6. The third-order valence-corrected chi connectivity index (χ3v) is 4.69. The summed E-state index contributed by atoms with van der Waals surface area (Å²) in [5.41, 5.74) is 1.92. The number of carbonyl (C=O) groups is 2. The lowest BCUT2D eigenvalue weighted by Crippen LogP contribution is -2.26. The minimum atomic E-state index is -0.355. The standard InChI is InChI=1S/C19H26N6O2/c1-24(2)18(26)13-25-12-17(22-23-25)19(27)21-16-10-8-15(9-11-16)20-14-6-4-3-5-7-14/h8-12,14,20H,3-7,13H2,1-2H3,(H,21,27). The molecular formula is C19H26N6O2. The molecule has 1 saturated carbocycles. The molecule has 144 valence electrons. The number of likely N-dealkylation sites (N-methyl/N-ethyl adjacent to an activating group) is 1. The van der Waals surface area contributed by atoms with E-state index in [0.717, 1.165) is 5.69 Å². The molecule has 8 nitrogen and oxygen atoms in total. The maximum Gasteiger partial charge on any atom is 0.277 e. The minimum Gasteiger partial charge on any atom is -0.382 e. The van der Waals surface area contributed by atoms with Crippen LogP contribution in [0.2, 0.25) is 0 Å². The van der Waals surface area contributed by atoms with Gasteiger partial charge in [-0.2, -0.15) is 0 Å². The monoisotopic (exact) mass is 370 g/mol. The highest BCUT2D eigenvalue weighted by Crippen LogP contribution is 2.22. The highest BCUT2D eigenvalue weighted by atomic mass is 16.2. The van der Waals surface area contributed by atoms with Crippen molar-refractivity contribution in [3.8, 4) is 0 Å². The molecule has 1 fully saturated rings. The van der Waals surface area contributed by atoms with E-state index in [1.807, 2.05) is 24.3 Å². The minimum absolute atomic E-state index is 0.0504. The van der Waals surface area contributed by atoms with E-state index >= 15 is 0 Å². The van der Waals surface area contributed by atoms with Crippen molar-refractivity contribution >= 4 is 23.2 Å². The normalized spacial score (nSPS) is 14.6. The molecule has 0 spiro atoms. The number of benzene rings is 1. The molecule has 3 rings (SSSR count). The average molecular weight is 370 g/mol. The van der Waals surface area contributed by atoms with Crippen LogP contribution in [-0.2, 0) is 11.3 Å². The number of aromatic nitrogens is 3. The van der Waals surface area contributed by atoms with Crippen molar-refractivity contribution < 1.29 is 9.59 Å². The molecule has 1 aromatic carbocycles. The molecule has 1 aromatic heterocycles. The maximum atomic E-state index is 12.3. The van der Waals surface area contributed by atoms with Crippen LogP contribution >= 0.6 is 0 Å². The fourth-order valence-electron chi connectivity index (χ4n) is 3.09. The van der Waals surface area contributed by atoms with Crippen molar-refractivity contribution in [3.63, 3.8) is 0 Å². The first-order chi connectivity index (χ1) is 13.0. The second-order valence-electron chi connectivity index (χ2n) is 7.10. The number of hydrogen-bond donors (Lipinski definition) is 2.